The summed E-state index contributed by atoms with van der Waals surface area (Å²) in [5.74, 6) is 0.463. The molecule has 7 heteroatoms. The van der Waals surface area contributed by atoms with Crippen LogP contribution in [0.15, 0.2) is 48.5 Å². The first-order valence-electron chi connectivity index (χ1n) is 5.41. The number of hydrogen-bond acceptors (Lipinski definition) is 6. The van der Waals surface area contributed by atoms with Gasteiger partial charge in [-0.1, -0.05) is 24.3 Å². The number of benzene rings is 2. The van der Waals surface area contributed by atoms with Gasteiger partial charge in [0.2, 0.25) is 0 Å². The third kappa shape index (κ3) is 7.74. The first kappa shape index (κ1) is 20.3. The molecule has 21 heavy (non-hydrogen) atoms. The van der Waals surface area contributed by atoms with Crippen molar-refractivity contribution in [1.29, 1.82) is 0 Å². The molecule has 0 aliphatic carbocycles. The first-order chi connectivity index (χ1) is 9.40. The Hall–Kier alpha value is -0.717. The van der Waals surface area contributed by atoms with E-state index in [9.17, 15) is 0 Å². The van der Waals surface area contributed by atoms with Crippen LogP contribution in [0.1, 0.15) is 11.1 Å². The van der Waals surface area contributed by atoms with Crippen molar-refractivity contribution in [1.82, 2.24) is 0 Å². The Balaban J connectivity index is 0.000000364. The predicted octanol–water partition coefficient (Wildman–Crippen LogP) is 3.23. The topological polar surface area (TPSA) is 40.5 Å². The van der Waals surface area contributed by atoms with E-state index in [1.807, 2.05) is 0 Å². The standard InChI is InChI=1S/2C7H6OS2.Zn/c2*8-6-3-1-5(2-4-6)7(9)10;/h2*1-4,8H,(H,9,10);/q;;+2/p-2. The van der Waals surface area contributed by atoms with Crippen molar-refractivity contribution in [2.24, 2.45) is 0 Å². The molecule has 2 aromatic rings. The van der Waals surface area contributed by atoms with E-state index in [4.69, 9.17) is 59.9 Å². The Morgan fingerprint density at radius 2 is 0.905 bits per heavy atom. The molecular weight excluding hydrogens is 394 g/mol. The SMILES string of the molecule is Oc1ccc(C(=S)[S-])cc1.Oc1ccc(C(=S)[S-])cc1.[Zn+2]. The molecule has 0 aliphatic heterocycles. The number of aromatic hydroxyl groups is 2. The minimum absolute atomic E-state index is 0. The quantitative estimate of drug-likeness (QED) is 0.456. The van der Waals surface area contributed by atoms with Crippen molar-refractivity contribution in [3.63, 3.8) is 0 Å². The van der Waals surface area contributed by atoms with Gasteiger partial charge in [0.05, 0.1) is 0 Å². The summed E-state index contributed by atoms with van der Waals surface area (Å²) >= 11 is 19.0. The molecule has 0 spiro atoms. The van der Waals surface area contributed by atoms with Crippen LogP contribution in [0.4, 0.5) is 0 Å². The molecule has 0 amide bonds. The van der Waals surface area contributed by atoms with E-state index in [2.05, 4.69) is 0 Å². The summed E-state index contributed by atoms with van der Waals surface area (Å²) in [6, 6.07) is 13.0. The van der Waals surface area contributed by atoms with Gasteiger partial charge in [0.15, 0.2) is 0 Å². The summed E-state index contributed by atoms with van der Waals surface area (Å²) in [6.07, 6.45) is 0. The molecule has 0 aromatic heterocycles. The van der Waals surface area contributed by atoms with Gasteiger partial charge in [-0.2, -0.15) is 0 Å². The van der Waals surface area contributed by atoms with E-state index >= 15 is 0 Å². The zero-order valence-corrected chi connectivity index (χ0v) is 17.1. The van der Waals surface area contributed by atoms with E-state index in [1.165, 1.54) is 0 Å². The molecule has 0 saturated carbocycles. The summed E-state index contributed by atoms with van der Waals surface area (Å²) in [5, 5.41) is 17.7. The van der Waals surface area contributed by atoms with Crippen molar-refractivity contribution in [3.05, 3.63) is 59.7 Å². The summed E-state index contributed by atoms with van der Waals surface area (Å²) in [6.45, 7) is 0. The normalized spacial score (nSPS) is 8.76. The van der Waals surface area contributed by atoms with Gasteiger partial charge in [0, 0.05) is 0 Å². The molecule has 2 N–H and O–H groups in total. The average Bonchev–Trinajstić information content (AvgIpc) is 2.40. The maximum Gasteiger partial charge on any atom is 2.00 e. The van der Waals surface area contributed by atoms with Crippen molar-refractivity contribution < 1.29 is 29.7 Å². The molecular formula is C14H10O2S4Zn. The number of phenolic OH excluding ortho intramolecular Hbond substituents is 2. The maximum absolute atomic E-state index is 8.86. The summed E-state index contributed by atoms with van der Waals surface area (Å²) in [7, 11) is 0. The van der Waals surface area contributed by atoms with E-state index < -0.39 is 0 Å². The van der Waals surface area contributed by atoms with Crippen LogP contribution in [0.5, 0.6) is 11.5 Å². The predicted molar refractivity (Wildman–Crippen MR) is 94.3 cm³/mol. The molecule has 0 aliphatic rings. The molecule has 104 valence electrons. The second-order valence-electron chi connectivity index (χ2n) is 3.67. The molecule has 0 heterocycles. The molecule has 0 bridgehead atoms. The number of thiocarbonyl (C=S) groups is 2. The molecule has 0 saturated heterocycles. The number of hydrogen-bond donors (Lipinski definition) is 2. The zero-order valence-electron chi connectivity index (χ0n) is 10.9. The van der Waals surface area contributed by atoms with Crippen LogP contribution < -0.4 is 0 Å². The fourth-order valence-electron chi connectivity index (χ4n) is 1.20. The minimum Gasteiger partial charge on any atom is -0.508 e. The Labute approximate surface area is 158 Å². The Bertz CT molecular complexity index is 542. The second kappa shape index (κ2) is 10.1. The molecule has 0 atom stereocenters. The van der Waals surface area contributed by atoms with Crippen LogP contribution in [0, 0.1) is 0 Å². The summed E-state index contributed by atoms with van der Waals surface area (Å²) < 4.78 is 0.861. The van der Waals surface area contributed by atoms with Crippen LogP contribution >= 0.6 is 24.4 Å². The first-order valence-corrected chi connectivity index (χ1v) is 7.04. The summed E-state index contributed by atoms with van der Waals surface area (Å²) in [5.41, 5.74) is 1.62. The van der Waals surface area contributed by atoms with Crippen molar-refractivity contribution in [3.8, 4) is 11.5 Å². The molecule has 2 rings (SSSR count). The third-order valence-corrected chi connectivity index (χ3v) is 3.15. The number of phenols is 2. The maximum atomic E-state index is 8.86. The molecule has 2 nitrogen and oxygen atoms in total. The average molecular weight is 404 g/mol. The molecule has 0 unspecified atom stereocenters. The van der Waals surface area contributed by atoms with Crippen molar-refractivity contribution >= 4 is 58.1 Å². The van der Waals surface area contributed by atoms with E-state index in [1.54, 1.807) is 48.5 Å². The third-order valence-electron chi connectivity index (χ3n) is 2.21. The van der Waals surface area contributed by atoms with Gasteiger partial charge in [-0.3, -0.25) is 0 Å². The van der Waals surface area contributed by atoms with Crippen LogP contribution in [0.3, 0.4) is 0 Å². The second-order valence-corrected chi connectivity index (χ2v) is 5.82. The Morgan fingerprint density at radius 3 is 1.10 bits per heavy atom. The fraction of sp³-hybridized carbons (Fsp3) is 0. The van der Waals surface area contributed by atoms with Crippen molar-refractivity contribution in [2.45, 2.75) is 0 Å². The monoisotopic (exact) mass is 402 g/mol. The van der Waals surface area contributed by atoms with Crippen LogP contribution in [0.2, 0.25) is 0 Å². The van der Waals surface area contributed by atoms with Gasteiger partial charge in [0.1, 0.15) is 11.5 Å². The van der Waals surface area contributed by atoms with Gasteiger partial charge in [-0.15, -0.1) is 8.39 Å². The van der Waals surface area contributed by atoms with Gasteiger partial charge in [0.25, 0.3) is 0 Å². The molecule has 0 radical (unpaired) electrons. The number of rotatable bonds is 2. The zero-order chi connectivity index (χ0) is 15.1. The molecule has 2 aromatic carbocycles. The Morgan fingerprint density at radius 1 is 0.667 bits per heavy atom. The minimum atomic E-state index is 0. The molecule has 0 fully saturated rings. The smallest absolute Gasteiger partial charge is 0.508 e. The van der Waals surface area contributed by atoms with E-state index in [0.717, 1.165) is 11.1 Å². The van der Waals surface area contributed by atoms with Crippen LogP contribution in [-0.2, 0) is 44.7 Å². The van der Waals surface area contributed by atoms with Gasteiger partial charge in [-0.05, 0) is 35.4 Å². The van der Waals surface area contributed by atoms with Gasteiger partial charge in [-0.25, -0.2) is 0 Å². The van der Waals surface area contributed by atoms with Crippen LogP contribution in [0.25, 0.3) is 0 Å². The van der Waals surface area contributed by atoms with Gasteiger partial charge >= 0.3 is 19.5 Å². The van der Waals surface area contributed by atoms with Crippen molar-refractivity contribution in [2.75, 3.05) is 0 Å². The van der Waals surface area contributed by atoms with Gasteiger partial charge < -0.3 is 59.9 Å². The van der Waals surface area contributed by atoms with E-state index in [0.29, 0.717) is 8.39 Å². The van der Waals surface area contributed by atoms with Crippen LogP contribution in [-0.4, -0.2) is 18.6 Å². The Kier molecular flexibility index (Phi) is 9.74. The largest absolute Gasteiger partial charge is 2.00 e. The van der Waals surface area contributed by atoms with E-state index in [-0.39, 0.29) is 31.0 Å². The fourth-order valence-corrected chi connectivity index (χ4v) is 1.74. The summed E-state index contributed by atoms with van der Waals surface area (Å²) in [4.78, 5) is 0.